The van der Waals surface area contributed by atoms with Crippen LogP contribution in [0.5, 0.6) is 0 Å². The molecule has 558 valence electrons. The molecule has 6 heterocycles. The van der Waals surface area contributed by atoms with E-state index in [2.05, 4.69) is 0 Å². The average Bonchev–Trinajstić information content (AvgIpc) is 0.699. The Balaban J connectivity index is 0.000000108. The van der Waals surface area contributed by atoms with Crippen molar-refractivity contribution in [2.75, 3.05) is 22.1 Å². The van der Waals surface area contributed by atoms with Crippen molar-refractivity contribution in [1.29, 1.82) is 0 Å². The molecule has 0 radical (unpaired) electrons. The summed E-state index contributed by atoms with van der Waals surface area (Å²) in [4.78, 5) is 159. The van der Waals surface area contributed by atoms with Crippen molar-refractivity contribution < 1.29 is 71.7 Å². The summed E-state index contributed by atoms with van der Waals surface area (Å²) in [7, 11) is 0. The number of fused-ring (bicyclic) bond motifs is 6. The predicted octanol–water partition coefficient (Wildman–Crippen LogP) is 16.7. The monoisotopic (exact) mass is 1520 g/mol. The minimum absolute atomic E-state index is 0.255. The Kier molecular flexibility index (Phi) is 15.4. The van der Waals surface area contributed by atoms with Gasteiger partial charge in [0.05, 0.1) is 39.1 Å². The summed E-state index contributed by atoms with van der Waals surface area (Å²) in [5, 5.41) is 18.8. The minimum Gasteiger partial charge on any atom is -0.399 e. The Hall–Kier alpha value is -15.2. The van der Waals surface area contributed by atoms with Gasteiger partial charge in [0, 0.05) is 94.8 Å². The zero-order valence-electron chi connectivity index (χ0n) is 62.0. The summed E-state index contributed by atoms with van der Waals surface area (Å²) < 4.78 is 14.7. The van der Waals surface area contributed by atoms with Crippen LogP contribution >= 0.6 is 0 Å². The quantitative estimate of drug-likeness (QED) is 0.0243. The molecular weight excluding hydrogens is 1460 g/mol. The third-order valence-corrected chi connectivity index (χ3v) is 22.4. The zero-order chi connectivity index (χ0) is 80.2. The predicted molar refractivity (Wildman–Crippen MR) is 440 cm³/mol. The topological polar surface area (TPSA) is 346 Å². The van der Waals surface area contributed by atoms with Gasteiger partial charge in [-0.1, -0.05) is 86.6 Å². The molecule has 6 aliphatic rings. The zero-order valence-corrected chi connectivity index (χ0v) is 62.0. The first-order valence-corrected chi connectivity index (χ1v) is 37.0. The SMILES string of the molecule is CC(C)N.CC(C)N1C(=O)c2ccc3c4ccc5c6c(ccc(c7ccc(c2c37)C1=O)c64)C(=O)N(c1ccc(N)cc1)C5=O.CC(C)N1C(=O)c2ccc3c4ccc5c6c(ccc(c7ccc(c2c37)C1=O)c64)C(=O)OC5=O.Nc1ccc(N)cc1.O=C1OC(=O)c2ccc3c4ccc5c6c(ccc(c7ccc1c2c73)c64)C(=O)OC5=O. The molecule has 0 aliphatic carbocycles. The van der Waals surface area contributed by atoms with Gasteiger partial charge in [0.15, 0.2) is 0 Å². The molecule has 8 N–H and O–H groups in total. The maximum absolute atomic E-state index is 13.8. The summed E-state index contributed by atoms with van der Waals surface area (Å²) in [5.41, 5.74) is 29.2. The number of nitrogens with two attached hydrogens (primary N) is 4. The highest BCUT2D eigenvalue weighted by Gasteiger charge is 2.41. The summed E-state index contributed by atoms with van der Waals surface area (Å²) >= 11 is 0. The highest BCUT2D eigenvalue weighted by Crippen LogP contribution is 2.51. The van der Waals surface area contributed by atoms with Crippen LogP contribution in [0, 0.1) is 0 Å². The fraction of sp³-hybridized carbons (Fsp3) is 0.0968. The van der Waals surface area contributed by atoms with Gasteiger partial charge in [0.2, 0.25) is 0 Å². The fourth-order valence-corrected chi connectivity index (χ4v) is 17.7. The van der Waals surface area contributed by atoms with Crippen molar-refractivity contribution in [3.63, 3.8) is 0 Å². The molecule has 23 rings (SSSR count). The van der Waals surface area contributed by atoms with Crippen LogP contribution in [0.25, 0.3) is 129 Å². The molecule has 22 heteroatoms. The van der Waals surface area contributed by atoms with Crippen molar-refractivity contribution in [3.8, 4) is 0 Å². The van der Waals surface area contributed by atoms with Crippen LogP contribution in [0.15, 0.2) is 194 Å². The second kappa shape index (κ2) is 25.2. The number of carbonyl (C=O) groups excluding carboxylic acids is 12. The number of cyclic esters (lactones) is 6. The first kappa shape index (κ1) is 70.2. The van der Waals surface area contributed by atoms with E-state index in [9.17, 15) is 57.5 Å². The molecule has 6 amide bonds. The highest BCUT2D eigenvalue weighted by atomic mass is 16.6. The molecule has 0 spiro atoms. The van der Waals surface area contributed by atoms with Crippen molar-refractivity contribution in [2.45, 2.75) is 59.7 Å². The largest absolute Gasteiger partial charge is 0.399 e. The van der Waals surface area contributed by atoms with Crippen LogP contribution in [-0.2, 0) is 14.2 Å². The van der Waals surface area contributed by atoms with Crippen LogP contribution in [0.2, 0.25) is 0 Å². The second-order valence-electron chi connectivity index (χ2n) is 30.1. The lowest BCUT2D eigenvalue weighted by molar-refractivity contribution is 0.0373. The van der Waals surface area contributed by atoms with Gasteiger partial charge in [-0.2, -0.15) is 0 Å². The Morgan fingerprint density at radius 1 is 0.217 bits per heavy atom. The van der Waals surface area contributed by atoms with Gasteiger partial charge in [-0.25, -0.2) is 33.7 Å². The van der Waals surface area contributed by atoms with E-state index in [0.717, 1.165) is 108 Å². The van der Waals surface area contributed by atoms with Crippen molar-refractivity contribution in [1.82, 2.24) is 9.80 Å². The van der Waals surface area contributed by atoms with E-state index >= 15 is 0 Å². The van der Waals surface area contributed by atoms with E-state index in [1.807, 2.05) is 114 Å². The standard InChI is InChI=1S/C33H21N3O4.C27H15NO5.C24H8O6.C6H8N2.C3H9N/c1-15(2)35-30(37)22-11-7-18-20-9-13-24-29-25(33(40)36(32(24)39)17-5-3-16(34)4-6-17)14-10-21(27(20)29)19-8-12-23(31(35)38)28(22)26(18)19;1-11(2)28-24(29)16-7-3-12-14-5-9-18-23-19(27(32)33-26(18)31)10-6-15(21(14)23)13-4-8-17(25(28)30)22(16)20(12)13;25-21-13-5-1-9-10-2-6-15-20-16(24(28)30-23(15)27)8-4-12(18(10)20)11-3-7-14(22(26)29-21)19(13)17(9)11;7-5-1-2-6(8)4-3-5;1-3(2)4/h3-15H,34H2,1-2H3;3-11H,1-2H3;1-8H;1-4H,7-8H2;3H,4H2,1-2H3. The number of hydrogen-bond donors (Lipinski definition) is 4. The molecule has 0 saturated carbocycles. The van der Waals surface area contributed by atoms with Crippen molar-refractivity contribution in [2.24, 2.45) is 5.73 Å². The number of benzene rings is 17. The number of nitrogen functional groups attached to an aromatic ring is 3. The normalized spacial score (nSPS) is 14.7. The smallest absolute Gasteiger partial charge is 0.346 e. The van der Waals surface area contributed by atoms with Crippen LogP contribution < -0.4 is 27.8 Å². The number of imide groups is 3. The highest BCUT2D eigenvalue weighted by molar-refractivity contribution is 6.46. The van der Waals surface area contributed by atoms with Crippen LogP contribution in [0.1, 0.15) is 166 Å². The molecular formula is C93H61N7O15. The van der Waals surface area contributed by atoms with Crippen LogP contribution in [0.3, 0.4) is 0 Å². The molecule has 0 saturated heterocycles. The number of hydrogen-bond acceptors (Lipinski definition) is 19. The van der Waals surface area contributed by atoms with Gasteiger partial charge >= 0.3 is 35.8 Å². The van der Waals surface area contributed by atoms with E-state index in [4.69, 9.17) is 37.1 Å². The molecule has 17 aromatic carbocycles. The van der Waals surface area contributed by atoms with E-state index in [0.29, 0.717) is 116 Å². The van der Waals surface area contributed by atoms with Gasteiger partial charge in [-0.15, -0.1) is 0 Å². The number of rotatable bonds is 3. The minimum atomic E-state index is -0.666. The summed E-state index contributed by atoms with van der Waals surface area (Å²) in [6, 6.07) is 56.6. The van der Waals surface area contributed by atoms with Crippen molar-refractivity contribution in [3.05, 3.63) is 261 Å². The lowest BCUT2D eigenvalue weighted by atomic mass is 9.82. The van der Waals surface area contributed by atoms with E-state index in [1.54, 1.807) is 121 Å². The number of esters is 6. The van der Waals surface area contributed by atoms with Gasteiger partial charge < -0.3 is 37.1 Å². The molecule has 17 aromatic rings. The third-order valence-electron chi connectivity index (χ3n) is 22.4. The van der Waals surface area contributed by atoms with Gasteiger partial charge in [-0.05, 0) is 252 Å². The maximum Gasteiger partial charge on any atom is 0.346 e. The Morgan fingerprint density at radius 3 is 0.557 bits per heavy atom. The van der Waals surface area contributed by atoms with Crippen molar-refractivity contribution >= 4 is 223 Å². The Bertz CT molecular complexity index is 6990. The van der Waals surface area contributed by atoms with Gasteiger partial charge in [0.1, 0.15) is 0 Å². The second-order valence-corrected chi connectivity index (χ2v) is 30.1. The number of ether oxygens (including phenoxy) is 3. The lowest BCUT2D eigenvalue weighted by Crippen LogP contribution is -2.44. The van der Waals surface area contributed by atoms with Crippen LogP contribution in [-0.4, -0.2) is 99.2 Å². The molecule has 115 heavy (non-hydrogen) atoms. The molecule has 0 unspecified atom stereocenters. The Labute approximate surface area is 649 Å². The third kappa shape index (κ3) is 9.97. The molecule has 0 fully saturated rings. The molecule has 6 aliphatic heterocycles. The first-order chi connectivity index (χ1) is 55.2. The number of amides is 6. The van der Waals surface area contributed by atoms with E-state index in [-0.39, 0.29) is 35.7 Å². The van der Waals surface area contributed by atoms with Crippen LogP contribution in [0.4, 0.5) is 22.7 Å². The molecule has 0 bridgehead atoms. The summed E-state index contributed by atoms with van der Waals surface area (Å²) in [6.45, 7) is 11.2. The maximum atomic E-state index is 13.8. The molecule has 22 nitrogen and oxygen atoms in total. The molecule has 0 aromatic heterocycles. The van der Waals surface area contributed by atoms with Gasteiger partial charge in [0.25, 0.3) is 35.4 Å². The summed E-state index contributed by atoms with van der Waals surface area (Å²) in [5.74, 6) is -5.96. The Morgan fingerprint density at radius 2 is 0.374 bits per heavy atom. The average molecular weight is 1520 g/mol. The number of anilines is 4. The first-order valence-electron chi connectivity index (χ1n) is 37.0. The van der Waals surface area contributed by atoms with E-state index < -0.39 is 47.6 Å². The van der Waals surface area contributed by atoms with E-state index in [1.165, 1.54) is 14.7 Å². The summed E-state index contributed by atoms with van der Waals surface area (Å²) in [6.07, 6.45) is 0. The lowest BCUT2D eigenvalue weighted by Gasteiger charge is -2.31. The fourth-order valence-electron chi connectivity index (χ4n) is 17.7. The van der Waals surface area contributed by atoms with Gasteiger partial charge in [-0.3, -0.25) is 38.6 Å². The number of nitrogens with zero attached hydrogens (tertiary/aromatic N) is 3. The number of carbonyl (C=O) groups is 12. The molecule has 0 atom stereocenters.